The quantitative estimate of drug-likeness (QED) is 0.854. The second kappa shape index (κ2) is 4.49. The van der Waals surface area contributed by atoms with Crippen LogP contribution in [0.2, 0.25) is 0 Å². The second-order valence-electron chi connectivity index (χ2n) is 4.93. The van der Waals surface area contributed by atoms with Crippen LogP contribution in [0.5, 0.6) is 5.75 Å². The molecule has 2 nitrogen and oxygen atoms in total. The summed E-state index contributed by atoms with van der Waals surface area (Å²) >= 11 is 0. The molecule has 0 heterocycles. The van der Waals surface area contributed by atoms with Crippen LogP contribution in [0.3, 0.4) is 0 Å². The highest BCUT2D eigenvalue weighted by Crippen LogP contribution is 2.33. The molecular formula is C14H18FNO. The average Bonchev–Trinajstić information content (AvgIpc) is 2.29. The number of hydrogen-bond donors (Lipinski definition) is 1. The molecule has 2 rings (SSSR count). The minimum Gasteiger partial charge on any atom is -0.497 e. The van der Waals surface area contributed by atoms with Crippen molar-refractivity contribution in [2.45, 2.75) is 31.7 Å². The fourth-order valence-electron chi connectivity index (χ4n) is 2.11. The molecule has 0 aromatic heterocycles. The van der Waals surface area contributed by atoms with Gasteiger partial charge in [-0.2, -0.15) is 0 Å². The van der Waals surface area contributed by atoms with Crippen LogP contribution < -0.4 is 10.5 Å². The minimum absolute atomic E-state index is 0.146. The molecule has 1 unspecified atom stereocenters. The first-order valence-corrected chi connectivity index (χ1v) is 5.84. The Morgan fingerprint density at radius 1 is 1.41 bits per heavy atom. The zero-order valence-corrected chi connectivity index (χ0v) is 10.3. The zero-order valence-electron chi connectivity index (χ0n) is 10.3. The Labute approximate surface area is 101 Å². The number of halogens is 1. The van der Waals surface area contributed by atoms with Crippen molar-refractivity contribution in [2.24, 2.45) is 5.73 Å². The largest absolute Gasteiger partial charge is 0.497 e. The summed E-state index contributed by atoms with van der Waals surface area (Å²) in [5.41, 5.74) is 7.61. The maximum atomic E-state index is 13.9. The van der Waals surface area contributed by atoms with Crippen LogP contribution in [0.1, 0.15) is 31.7 Å². The summed E-state index contributed by atoms with van der Waals surface area (Å²) < 4.78 is 18.9. The van der Waals surface area contributed by atoms with Crippen molar-refractivity contribution in [3.05, 3.63) is 35.7 Å². The maximum Gasteiger partial charge on any atom is 0.134 e. The summed E-state index contributed by atoms with van der Waals surface area (Å²) in [4.78, 5) is 0. The second-order valence-corrected chi connectivity index (χ2v) is 4.93. The lowest BCUT2D eigenvalue weighted by Gasteiger charge is -2.28. The van der Waals surface area contributed by atoms with Gasteiger partial charge in [-0.25, -0.2) is 4.39 Å². The van der Waals surface area contributed by atoms with Crippen LogP contribution >= 0.6 is 0 Å². The lowest BCUT2D eigenvalue weighted by atomic mass is 9.82. The van der Waals surface area contributed by atoms with Crippen molar-refractivity contribution in [1.29, 1.82) is 0 Å². The molecule has 0 radical (unpaired) electrons. The van der Waals surface area contributed by atoms with Crippen LogP contribution in [0.25, 0.3) is 5.57 Å². The van der Waals surface area contributed by atoms with Crippen LogP contribution in [0.4, 0.5) is 4.39 Å². The molecule has 0 saturated heterocycles. The van der Waals surface area contributed by atoms with E-state index < -0.39 is 0 Å². The molecule has 17 heavy (non-hydrogen) atoms. The number of nitrogens with two attached hydrogens (primary N) is 1. The SMILES string of the molecule is COc1ccc(C2=CCC(C)(N)CC2)c(F)c1. The highest BCUT2D eigenvalue weighted by Gasteiger charge is 2.23. The average molecular weight is 235 g/mol. The van der Waals surface area contributed by atoms with Crippen molar-refractivity contribution in [3.63, 3.8) is 0 Å². The van der Waals surface area contributed by atoms with Gasteiger partial charge in [0, 0.05) is 17.2 Å². The van der Waals surface area contributed by atoms with Gasteiger partial charge in [-0.1, -0.05) is 6.08 Å². The lowest BCUT2D eigenvalue weighted by Crippen LogP contribution is -2.37. The van der Waals surface area contributed by atoms with Crippen LogP contribution in [-0.2, 0) is 0 Å². The summed E-state index contributed by atoms with van der Waals surface area (Å²) in [6.07, 6.45) is 4.57. The molecule has 0 amide bonds. The topological polar surface area (TPSA) is 35.2 Å². The van der Waals surface area contributed by atoms with Gasteiger partial charge in [0.25, 0.3) is 0 Å². The molecule has 0 bridgehead atoms. The predicted molar refractivity (Wildman–Crippen MR) is 67.4 cm³/mol. The molecule has 1 aliphatic carbocycles. The van der Waals surface area contributed by atoms with Gasteiger partial charge >= 0.3 is 0 Å². The molecule has 1 aromatic rings. The van der Waals surface area contributed by atoms with E-state index in [9.17, 15) is 4.39 Å². The van der Waals surface area contributed by atoms with E-state index in [0.29, 0.717) is 11.3 Å². The first-order chi connectivity index (χ1) is 8.02. The molecule has 0 aliphatic heterocycles. The van der Waals surface area contributed by atoms with Crippen molar-refractivity contribution in [3.8, 4) is 5.75 Å². The standard InChI is InChI=1S/C14H18FNO/c1-14(16)7-5-10(6-8-14)12-4-3-11(17-2)9-13(12)15/h3-5,9H,6-8,16H2,1-2H3. The molecule has 0 fully saturated rings. The number of hydrogen-bond acceptors (Lipinski definition) is 2. The number of rotatable bonds is 2. The van der Waals surface area contributed by atoms with E-state index in [2.05, 4.69) is 0 Å². The van der Waals surface area contributed by atoms with Crippen molar-refractivity contribution in [2.75, 3.05) is 7.11 Å². The Morgan fingerprint density at radius 3 is 2.71 bits per heavy atom. The molecule has 1 aliphatic rings. The van der Waals surface area contributed by atoms with Crippen LogP contribution in [0.15, 0.2) is 24.3 Å². The third-order valence-corrected chi connectivity index (χ3v) is 3.30. The molecule has 0 spiro atoms. The Balaban J connectivity index is 2.27. The Hall–Kier alpha value is -1.35. The molecule has 1 atom stereocenters. The Bertz CT molecular complexity index is 452. The number of ether oxygens (including phenoxy) is 1. The predicted octanol–water partition coefficient (Wildman–Crippen LogP) is 3.12. The zero-order chi connectivity index (χ0) is 12.5. The van der Waals surface area contributed by atoms with E-state index >= 15 is 0 Å². The smallest absolute Gasteiger partial charge is 0.134 e. The Kier molecular flexibility index (Phi) is 3.20. The van der Waals surface area contributed by atoms with E-state index in [4.69, 9.17) is 10.5 Å². The maximum absolute atomic E-state index is 13.9. The molecular weight excluding hydrogens is 217 g/mol. The van der Waals surface area contributed by atoms with Gasteiger partial charge in [0.15, 0.2) is 0 Å². The van der Waals surface area contributed by atoms with Crippen molar-refractivity contribution < 1.29 is 9.13 Å². The minimum atomic E-state index is -0.226. The highest BCUT2D eigenvalue weighted by molar-refractivity contribution is 5.67. The van der Waals surface area contributed by atoms with E-state index in [0.717, 1.165) is 24.8 Å². The van der Waals surface area contributed by atoms with Crippen molar-refractivity contribution >= 4 is 5.57 Å². The summed E-state index contributed by atoms with van der Waals surface area (Å²) in [6, 6.07) is 4.99. The summed E-state index contributed by atoms with van der Waals surface area (Å²) in [7, 11) is 1.54. The van der Waals surface area contributed by atoms with Gasteiger partial charge < -0.3 is 10.5 Å². The van der Waals surface area contributed by atoms with Gasteiger partial charge in [-0.05, 0) is 43.9 Å². The fourth-order valence-corrected chi connectivity index (χ4v) is 2.11. The number of allylic oxidation sites excluding steroid dienone is 1. The molecule has 92 valence electrons. The monoisotopic (exact) mass is 235 g/mol. The van der Waals surface area contributed by atoms with Crippen molar-refractivity contribution in [1.82, 2.24) is 0 Å². The molecule has 1 aromatic carbocycles. The Morgan fingerprint density at radius 2 is 2.18 bits per heavy atom. The molecule has 2 N–H and O–H groups in total. The summed E-state index contributed by atoms with van der Waals surface area (Å²) in [6.45, 7) is 2.03. The highest BCUT2D eigenvalue weighted by atomic mass is 19.1. The molecule has 0 saturated carbocycles. The summed E-state index contributed by atoms with van der Waals surface area (Å²) in [5, 5.41) is 0. The normalized spacial score (nSPS) is 24.4. The third kappa shape index (κ3) is 2.67. The summed E-state index contributed by atoms with van der Waals surface area (Å²) in [5.74, 6) is 0.322. The van der Waals surface area contributed by atoms with E-state index in [-0.39, 0.29) is 11.4 Å². The van der Waals surface area contributed by atoms with Gasteiger partial charge in [0.05, 0.1) is 7.11 Å². The number of benzene rings is 1. The van der Waals surface area contributed by atoms with Crippen LogP contribution in [-0.4, -0.2) is 12.6 Å². The van der Waals surface area contributed by atoms with Gasteiger partial charge in [0.1, 0.15) is 11.6 Å². The first-order valence-electron chi connectivity index (χ1n) is 5.84. The van der Waals surface area contributed by atoms with Gasteiger partial charge in [-0.3, -0.25) is 0 Å². The fraction of sp³-hybridized carbons (Fsp3) is 0.429. The third-order valence-electron chi connectivity index (χ3n) is 3.30. The van der Waals surface area contributed by atoms with Gasteiger partial charge in [-0.15, -0.1) is 0 Å². The van der Waals surface area contributed by atoms with E-state index in [1.54, 1.807) is 12.1 Å². The van der Waals surface area contributed by atoms with Crippen LogP contribution in [0, 0.1) is 5.82 Å². The van der Waals surface area contributed by atoms with E-state index in [1.807, 2.05) is 13.0 Å². The van der Waals surface area contributed by atoms with E-state index in [1.165, 1.54) is 13.2 Å². The number of methoxy groups -OCH3 is 1. The lowest BCUT2D eigenvalue weighted by molar-refractivity contribution is 0.410. The van der Waals surface area contributed by atoms with Gasteiger partial charge in [0.2, 0.25) is 0 Å². The molecule has 3 heteroatoms. The first kappa shape index (κ1) is 12.1.